The SMILES string of the molecule is O=C(Nc1ccc(-c2cnccc2C(=O)O)cc1)OCc1ccccc1. The minimum Gasteiger partial charge on any atom is -0.478 e. The summed E-state index contributed by atoms with van der Waals surface area (Å²) in [5, 5.41) is 11.9. The molecule has 0 saturated carbocycles. The number of pyridine rings is 1. The molecular weight excluding hydrogens is 332 g/mol. The smallest absolute Gasteiger partial charge is 0.411 e. The molecule has 130 valence electrons. The van der Waals surface area contributed by atoms with Crippen LogP contribution in [-0.2, 0) is 11.3 Å². The minimum absolute atomic E-state index is 0.169. The van der Waals surface area contributed by atoms with E-state index < -0.39 is 12.1 Å². The maximum absolute atomic E-state index is 11.9. The van der Waals surface area contributed by atoms with E-state index in [-0.39, 0.29) is 12.2 Å². The number of amides is 1. The van der Waals surface area contributed by atoms with Gasteiger partial charge in [-0.15, -0.1) is 0 Å². The first kappa shape index (κ1) is 17.2. The van der Waals surface area contributed by atoms with Crippen molar-refractivity contribution in [3.8, 4) is 11.1 Å². The van der Waals surface area contributed by atoms with E-state index in [1.54, 1.807) is 24.3 Å². The molecule has 3 aromatic rings. The van der Waals surface area contributed by atoms with Gasteiger partial charge in [-0.1, -0.05) is 42.5 Å². The maximum atomic E-state index is 11.9. The number of aromatic carboxylic acids is 1. The van der Waals surface area contributed by atoms with Crippen molar-refractivity contribution in [2.45, 2.75) is 6.61 Å². The molecule has 0 aliphatic carbocycles. The molecule has 1 amide bonds. The molecule has 0 aliphatic heterocycles. The van der Waals surface area contributed by atoms with Gasteiger partial charge in [-0.2, -0.15) is 0 Å². The van der Waals surface area contributed by atoms with Crippen LogP contribution in [0.2, 0.25) is 0 Å². The fraction of sp³-hybridized carbons (Fsp3) is 0.0500. The van der Waals surface area contributed by atoms with Crippen molar-refractivity contribution in [3.05, 3.63) is 84.2 Å². The van der Waals surface area contributed by atoms with E-state index in [4.69, 9.17) is 4.74 Å². The Morgan fingerprint density at radius 1 is 1.00 bits per heavy atom. The number of nitrogens with one attached hydrogen (secondary N) is 1. The van der Waals surface area contributed by atoms with Crippen molar-refractivity contribution in [1.82, 2.24) is 4.98 Å². The largest absolute Gasteiger partial charge is 0.478 e. The molecule has 0 unspecified atom stereocenters. The van der Waals surface area contributed by atoms with Crippen LogP contribution >= 0.6 is 0 Å². The normalized spacial score (nSPS) is 10.2. The molecule has 6 nitrogen and oxygen atoms in total. The highest BCUT2D eigenvalue weighted by atomic mass is 16.5. The lowest BCUT2D eigenvalue weighted by Crippen LogP contribution is -2.13. The lowest BCUT2D eigenvalue weighted by molar-refractivity contribution is 0.0697. The fourth-order valence-electron chi connectivity index (χ4n) is 2.42. The van der Waals surface area contributed by atoms with E-state index in [1.165, 1.54) is 18.5 Å². The molecule has 26 heavy (non-hydrogen) atoms. The molecule has 2 N–H and O–H groups in total. The maximum Gasteiger partial charge on any atom is 0.411 e. The number of carbonyl (C=O) groups is 2. The van der Waals surface area contributed by atoms with Crippen LogP contribution in [-0.4, -0.2) is 22.2 Å². The van der Waals surface area contributed by atoms with Gasteiger partial charge in [-0.3, -0.25) is 10.3 Å². The second-order valence-corrected chi connectivity index (χ2v) is 5.49. The Kier molecular flexibility index (Phi) is 5.24. The number of carbonyl (C=O) groups excluding carboxylic acids is 1. The van der Waals surface area contributed by atoms with Crippen LogP contribution in [0.25, 0.3) is 11.1 Å². The summed E-state index contributed by atoms with van der Waals surface area (Å²) in [5.41, 5.74) is 2.82. The second-order valence-electron chi connectivity index (χ2n) is 5.49. The second kappa shape index (κ2) is 7.94. The number of rotatable bonds is 5. The van der Waals surface area contributed by atoms with Crippen molar-refractivity contribution in [2.24, 2.45) is 0 Å². The molecule has 1 aromatic heterocycles. The van der Waals surface area contributed by atoms with Gasteiger partial charge >= 0.3 is 12.1 Å². The van der Waals surface area contributed by atoms with E-state index in [0.29, 0.717) is 16.8 Å². The predicted molar refractivity (Wildman–Crippen MR) is 96.9 cm³/mol. The van der Waals surface area contributed by atoms with Gasteiger partial charge in [0.25, 0.3) is 0 Å². The number of anilines is 1. The molecule has 6 heteroatoms. The summed E-state index contributed by atoms with van der Waals surface area (Å²) in [6, 6.07) is 17.6. The third-order valence-corrected chi connectivity index (χ3v) is 3.71. The van der Waals surface area contributed by atoms with Gasteiger partial charge in [-0.05, 0) is 29.3 Å². The Hall–Kier alpha value is -3.67. The van der Waals surface area contributed by atoms with Gasteiger partial charge in [-0.25, -0.2) is 9.59 Å². The number of ether oxygens (including phenoxy) is 1. The summed E-state index contributed by atoms with van der Waals surface area (Å²) in [5.74, 6) is -1.02. The lowest BCUT2D eigenvalue weighted by Gasteiger charge is -2.09. The summed E-state index contributed by atoms with van der Waals surface area (Å²) < 4.78 is 5.16. The van der Waals surface area contributed by atoms with Gasteiger partial charge in [0.2, 0.25) is 0 Å². The van der Waals surface area contributed by atoms with Crippen molar-refractivity contribution in [3.63, 3.8) is 0 Å². The monoisotopic (exact) mass is 348 g/mol. The molecule has 0 saturated heterocycles. The number of aromatic nitrogens is 1. The Labute approximate surface area is 150 Å². The zero-order chi connectivity index (χ0) is 18.4. The van der Waals surface area contributed by atoms with Crippen LogP contribution in [0.3, 0.4) is 0 Å². The highest BCUT2D eigenvalue weighted by Gasteiger charge is 2.11. The van der Waals surface area contributed by atoms with Crippen molar-refractivity contribution in [2.75, 3.05) is 5.32 Å². The number of hydrogen-bond acceptors (Lipinski definition) is 4. The van der Waals surface area contributed by atoms with Gasteiger partial charge in [0, 0.05) is 23.6 Å². The van der Waals surface area contributed by atoms with Crippen LogP contribution in [0.15, 0.2) is 73.1 Å². The fourth-order valence-corrected chi connectivity index (χ4v) is 2.42. The standard InChI is InChI=1S/C20H16N2O4/c23-19(24)17-10-11-21-12-18(17)15-6-8-16(9-7-15)22-20(25)26-13-14-4-2-1-3-5-14/h1-12H,13H2,(H,22,25)(H,23,24). The Bertz CT molecular complexity index is 909. The van der Waals surface area contributed by atoms with Crippen LogP contribution in [0.1, 0.15) is 15.9 Å². The molecule has 0 atom stereocenters. The number of hydrogen-bond donors (Lipinski definition) is 2. The zero-order valence-corrected chi connectivity index (χ0v) is 13.8. The lowest BCUT2D eigenvalue weighted by atomic mass is 10.0. The molecule has 0 radical (unpaired) electrons. The first-order chi connectivity index (χ1) is 12.6. The van der Waals surface area contributed by atoms with Gasteiger partial charge in [0.05, 0.1) is 5.56 Å². The van der Waals surface area contributed by atoms with Gasteiger partial charge in [0.15, 0.2) is 0 Å². The summed E-state index contributed by atoms with van der Waals surface area (Å²) in [6.07, 6.45) is 2.38. The van der Waals surface area contributed by atoms with Crippen molar-refractivity contribution >= 4 is 17.7 Å². The van der Waals surface area contributed by atoms with E-state index in [9.17, 15) is 14.7 Å². The Balaban J connectivity index is 1.65. The average Bonchev–Trinajstić information content (AvgIpc) is 2.68. The Morgan fingerprint density at radius 2 is 1.73 bits per heavy atom. The molecule has 0 fully saturated rings. The third-order valence-electron chi connectivity index (χ3n) is 3.71. The molecular formula is C20H16N2O4. The molecule has 0 spiro atoms. The molecule has 1 heterocycles. The predicted octanol–water partition coefficient (Wildman–Crippen LogP) is 4.20. The van der Waals surface area contributed by atoms with Crippen LogP contribution in [0.5, 0.6) is 0 Å². The first-order valence-electron chi connectivity index (χ1n) is 7.89. The van der Waals surface area contributed by atoms with E-state index >= 15 is 0 Å². The number of benzene rings is 2. The number of nitrogens with zero attached hydrogens (tertiary/aromatic N) is 1. The van der Waals surface area contributed by atoms with Gasteiger partial charge < -0.3 is 9.84 Å². The summed E-state index contributed by atoms with van der Waals surface area (Å²) in [4.78, 5) is 27.1. The summed E-state index contributed by atoms with van der Waals surface area (Å²) in [6.45, 7) is 0.183. The summed E-state index contributed by atoms with van der Waals surface area (Å²) >= 11 is 0. The molecule has 0 bridgehead atoms. The zero-order valence-electron chi connectivity index (χ0n) is 13.8. The van der Waals surface area contributed by atoms with E-state index in [0.717, 1.165) is 5.56 Å². The number of carboxylic acid groups (broad SMARTS) is 1. The van der Waals surface area contributed by atoms with Crippen molar-refractivity contribution < 1.29 is 19.4 Å². The first-order valence-corrected chi connectivity index (χ1v) is 7.89. The highest BCUT2D eigenvalue weighted by molar-refractivity contribution is 5.96. The quantitative estimate of drug-likeness (QED) is 0.721. The highest BCUT2D eigenvalue weighted by Crippen LogP contribution is 2.24. The summed E-state index contributed by atoms with van der Waals surface area (Å²) in [7, 11) is 0. The minimum atomic E-state index is -1.02. The third kappa shape index (κ3) is 4.24. The van der Waals surface area contributed by atoms with E-state index in [1.807, 2.05) is 30.3 Å². The van der Waals surface area contributed by atoms with Crippen LogP contribution < -0.4 is 5.32 Å². The molecule has 3 rings (SSSR count). The topological polar surface area (TPSA) is 88.5 Å². The van der Waals surface area contributed by atoms with E-state index in [2.05, 4.69) is 10.3 Å². The molecule has 2 aromatic carbocycles. The Morgan fingerprint density at radius 3 is 2.42 bits per heavy atom. The van der Waals surface area contributed by atoms with Gasteiger partial charge in [0.1, 0.15) is 6.61 Å². The molecule has 0 aliphatic rings. The van der Waals surface area contributed by atoms with Crippen molar-refractivity contribution in [1.29, 1.82) is 0 Å². The van der Waals surface area contributed by atoms with Crippen LogP contribution in [0, 0.1) is 0 Å². The average molecular weight is 348 g/mol. The number of carboxylic acids is 1. The van der Waals surface area contributed by atoms with Crippen LogP contribution in [0.4, 0.5) is 10.5 Å².